The van der Waals surface area contributed by atoms with E-state index in [2.05, 4.69) is 10.3 Å². The van der Waals surface area contributed by atoms with Crippen molar-refractivity contribution in [3.8, 4) is 5.88 Å². The van der Waals surface area contributed by atoms with E-state index in [9.17, 15) is 8.42 Å². The van der Waals surface area contributed by atoms with Crippen molar-refractivity contribution in [2.24, 2.45) is 0 Å². The average Bonchev–Trinajstić information content (AvgIpc) is 2.61. The van der Waals surface area contributed by atoms with E-state index in [1.54, 1.807) is 12.3 Å². The molecule has 1 aromatic rings. The van der Waals surface area contributed by atoms with Crippen LogP contribution in [0.4, 0.5) is 5.69 Å². The number of sulfone groups is 1. The maximum absolute atomic E-state index is 11.4. The number of hydrogen-bond acceptors (Lipinski definition) is 5. The minimum absolute atomic E-state index is 0.0385. The molecule has 2 rings (SSSR count). The Morgan fingerprint density at radius 1 is 1.59 bits per heavy atom. The van der Waals surface area contributed by atoms with Gasteiger partial charge in [0.2, 0.25) is 5.88 Å². The fraction of sp³-hybridized carbons (Fsp3) is 0.545. The van der Waals surface area contributed by atoms with Crippen molar-refractivity contribution in [1.82, 2.24) is 4.98 Å². The number of rotatable bonds is 4. The van der Waals surface area contributed by atoms with Crippen LogP contribution in [0, 0.1) is 0 Å². The molecule has 1 atom stereocenters. The van der Waals surface area contributed by atoms with Gasteiger partial charge < -0.3 is 10.1 Å². The lowest BCUT2D eigenvalue weighted by Gasteiger charge is -2.14. The van der Waals surface area contributed by atoms with Gasteiger partial charge in [-0.05, 0) is 25.5 Å². The van der Waals surface area contributed by atoms with Gasteiger partial charge in [0.25, 0.3) is 0 Å². The van der Waals surface area contributed by atoms with Crippen molar-refractivity contribution in [2.45, 2.75) is 19.4 Å². The lowest BCUT2D eigenvalue weighted by Crippen LogP contribution is -2.21. The SMILES string of the molecule is CCOc1ncccc1NC1CCS(=O)(=O)C1. The third kappa shape index (κ3) is 3.09. The fourth-order valence-corrected chi connectivity index (χ4v) is 3.55. The highest BCUT2D eigenvalue weighted by Crippen LogP contribution is 2.24. The Morgan fingerprint density at radius 2 is 2.41 bits per heavy atom. The van der Waals surface area contributed by atoms with Crippen LogP contribution in [0.1, 0.15) is 13.3 Å². The van der Waals surface area contributed by atoms with Crippen LogP contribution in [-0.2, 0) is 9.84 Å². The van der Waals surface area contributed by atoms with Gasteiger partial charge in [-0.25, -0.2) is 13.4 Å². The van der Waals surface area contributed by atoms with Crippen molar-refractivity contribution in [3.05, 3.63) is 18.3 Å². The predicted molar refractivity (Wildman–Crippen MR) is 66.1 cm³/mol. The van der Waals surface area contributed by atoms with E-state index in [0.717, 1.165) is 5.69 Å². The van der Waals surface area contributed by atoms with Crippen molar-refractivity contribution >= 4 is 15.5 Å². The molecule has 0 aromatic carbocycles. The molecule has 1 N–H and O–H groups in total. The van der Waals surface area contributed by atoms with Crippen LogP contribution in [0.25, 0.3) is 0 Å². The molecule has 0 aliphatic carbocycles. The van der Waals surface area contributed by atoms with Crippen molar-refractivity contribution < 1.29 is 13.2 Å². The predicted octanol–water partition coefficient (Wildman–Crippen LogP) is 1.08. The summed E-state index contributed by atoms with van der Waals surface area (Å²) in [6, 6.07) is 3.61. The zero-order valence-corrected chi connectivity index (χ0v) is 10.5. The van der Waals surface area contributed by atoms with E-state index in [4.69, 9.17) is 4.74 Å². The summed E-state index contributed by atoms with van der Waals surface area (Å²) in [5.41, 5.74) is 0.761. The normalized spacial score (nSPS) is 22.3. The van der Waals surface area contributed by atoms with Crippen LogP contribution < -0.4 is 10.1 Å². The van der Waals surface area contributed by atoms with Crippen molar-refractivity contribution in [3.63, 3.8) is 0 Å². The molecule has 1 saturated heterocycles. The minimum Gasteiger partial charge on any atom is -0.476 e. The third-order valence-corrected chi connectivity index (χ3v) is 4.41. The van der Waals surface area contributed by atoms with E-state index in [-0.39, 0.29) is 17.5 Å². The van der Waals surface area contributed by atoms with E-state index in [1.165, 1.54) is 0 Å². The second-order valence-corrected chi connectivity index (χ2v) is 6.26. The molecule has 5 nitrogen and oxygen atoms in total. The molecule has 0 amide bonds. The summed E-state index contributed by atoms with van der Waals surface area (Å²) in [7, 11) is -2.86. The van der Waals surface area contributed by atoms with Gasteiger partial charge in [0.15, 0.2) is 9.84 Å². The number of anilines is 1. The molecular formula is C11H16N2O3S. The molecule has 1 aliphatic rings. The first kappa shape index (κ1) is 12.2. The maximum Gasteiger partial charge on any atom is 0.237 e. The molecule has 1 aliphatic heterocycles. The minimum atomic E-state index is -2.86. The molecule has 1 aromatic heterocycles. The van der Waals surface area contributed by atoms with Gasteiger partial charge >= 0.3 is 0 Å². The van der Waals surface area contributed by atoms with E-state index >= 15 is 0 Å². The quantitative estimate of drug-likeness (QED) is 0.873. The molecule has 94 valence electrons. The zero-order chi connectivity index (χ0) is 12.3. The van der Waals surface area contributed by atoms with Crippen molar-refractivity contribution in [1.29, 1.82) is 0 Å². The Kier molecular flexibility index (Phi) is 3.51. The van der Waals surface area contributed by atoms with E-state index < -0.39 is 9.84 Å². The first-order valence-electron chi connectivity index (χ1n) is 5.65. The highest BCUT2D eigenvalue weighted by Gasteiger charge is 2.28. The molecule has 1 unspecified atom stereocenters. The van der Waals surface area contributed by atoms with Crippen LogP contribution in [0.3, 0.4) is 0 Å². The van der Waals surface area contributed by atoms with E-state index in [1.807, 2.05) is 13.0 Å². The van der Waals surface area contributed by atoms with Gasteiger partial charge in [-0.1, -0.05) is 0 Å². The molecule has 0 bridgehead atoms. The summed E-state index contributed by atoms with van der Waals surface area (Å²) >= 11 is 0. The van der Waals surface area contributed by atoms with Crippen LogP contribution in [0.5, 0.6) is 5.88 Å². The topological polar surface area (TPSA) is 68.3 Å². The molecule has 1 fully saturated rings. The average molecular weight is 256 g/mol. The molecule has 17 heavy (non-hydrogen) atoms. The Labute approximate surface area is 101 Å². The number of nitrogens with one attached hydrogen (secondary N) is 1. The number of pyridine rings is 1. The maximum atomic E-state index is 11.4. The second-order valence-electron chi connectivity index (χ2n) is 4.03. The van der Waals surface area contributed by atoms with Crippen LogP contribution in [-0.4, -0.2) is 37.6 Å². The summed E-state index contributed by atoms with van der Waals surface area (Å²) in [6.07, 6.45) is 2.30. The molecule has 2 heterocycles. The van der Waals surface area contributed by atoms with Crippen molar-refractivity contribution in [2.75, 3.05) is 23.4 Å². The first-order valence-corrected chi connectivity index (χ1v) is 7.47. The fourth-order valence-electron chi connectivity index (χ4n) is 1.88. The summed E-state index contributed by atoms with van der Waals surface area (Å²) in [5.74, 6) is 0.974. The molecule has 6 heteroatoms. The molecular weight excluding hydrogens is 240 g/mol. The smallest absolute Gasteiger partial charge is 0.237 e. The van der Waals surface area contributed by atoms with Crippen LogP contribution in [0.15, 0.2) is 18.3 Å². The molecule has 0 radical (unpaired) electrons. The van der Waals surface area contributed by atoms with Gasteiger partial charge in [-0.15, -0.1) is 0 Å². The molecule has 0 spiro atoms. The molecule has 0 saturated carbocycles. The summed E-state index contributed by atoms with van der Waals surface area (Å²) in [4.78, 5) is 4.11. The van der Waals surface area contributed by atoms with Gasteiger partial charge in [0.1, 0.15) is 0 Å². The van der Waals surface area contributed by atoms with Gasteiger partial charge in [0.05, 0.1) is 23.8 Å². The highest BCUT2D eigenvalue weighted by molar-refractivity contribution is 7.91. The first-order chi connectivity index (χ1) is 8.11. The number of aromatic nitrogens is 1. The van der Waals surface area contributed by atoms with E-state index in [0.29, 0.717) is 18.9 Å². The Morgan fingerprint density at radius 3 is 3.06 bits per heavy atom. The number of hydrogen-bond donors (Lipinski definition) is 1. The monoisotopic (exact) mass is 256 g/mol. The Bertz CT molecular complexity index is 487. The lowest BCUT2D eigenvalue weighted by atomic mass is 10.2. The largest absolute Gasteiger partial charge is 0.476 e. The zero-order valence-electron chi connectivity index (χ0n) is 9.72. The van der Waals surface area contributed by atoms with Gasteiger partial charge in [-0.3, -0.25) is 0 Å². The highest BCUT2D eigenvalue weighted by atomic mass is 32.2. The van der Waals surface area contributed by atoms with Gasteiger partial charge in [-0.2, -0.15) is 0 Å². The lowest BCUT2D eigenvalue weighted by molar-refractivity contribution is 0.328. The van der Waals surface area contributed by atoms with Crippen LogP contribution >= 0.6 is 0 Å². The summed E-state index contributed by atoms with van der Waals surface area (Å²) in [5, 5.41) is 3.18. The number of ether oxygens (including phenoxy) is 1. The van der Waals surface area contributed by atoms with Gasteiger partial charge in [0, 0.05) is 12.2 Å². The van der Waals surface area contributed by atoms with Crippen LogP contribution in [0.2, 0.25) is 0 Å². The summed E-state index contributed by atoms with van der Waals surface area (Å²) < 4.78 is 28.1. The third-order valence-electron chi connectivity index (χ3n) is 2.64. The standard InChI is InChI=1S/C11H16N2O3S/c1-2-16-11-10(4-3-6-12-11)13-9-5-7-17(14,15)8-9/h3-4,6,9,13H,2,5,7-8H2,1H3. The second kappa shape index (κ2) is 4.91. The Hall–Kier alpha value is -1.30. The Balaban J connectivity index is 2.08. The summed E-state index contributed by atoms with van der Waals surface area (Å²) in [6.45, 7) is 2.42. The number of nitrogens with zero attached hydrogens (tertiary/aromatic N) is 1.